The van der Waals surface area contributed by atoms with Gasteiger partial charge in [-0.15, -0.1) is 0 Å². The molecule has 0 saturated heterocycles. The summed E-state index contributed by atoms with van der Waals surface area (Å²) < 4.78 is 5.06. The number of nitrogens with zero attached hydrogens (tertiary/aromatic N) is 1. The second kappa shape index (κ2) is 9.42. The second-order valence-electron chi connectivity index (χ2n) is 4.37. The van der Waals surface area contributed by atoms with E-state index in [1.54, 1.807) is 0 Å². The van der Waals surface area contributed by atoms with E-state index < -0.39 is 0 Å². The number of esters is 1. The van der Waals surface area contributed by atoms with Crippen LogP contribution in [0.1, 0.15) is 41.0 Å². The molecule has 4 heteroatoms. The number of nitrogens with one attached hydrogen (secondary N) is 1. The van der Waals surface area contributed by atoms with Crippen LogP contribution in [-0.2, 0) is 9.53 Å². The summed E-state index contributed by atoms with van der Waals surface area (Å²) >= 11 is 0. The monoisotopic (exact) mass is 244 g/mol. The minimum Gasteiger partial charge on any atom is -0.465 e. The summed E-state index contributed by atoms with van der Waals surface area (Å²) in [4.78, 5) is 14.1. The molecule has 0 heterocycles. The van der Waals surface area contributed by atoms with Crippen LogP contribution in [0.5, 0.6) is 0 Å². The van der Waals surface area contributed by atoms with Crippen LogP contribution in [0, 0.1) is 0 Å². The predicted octanol–water partition coefficient (Wildman–Crippen LogP) is 1.65. The summed E-state index contributed by atoms with van der Waals surface area (Å²) in [5.41, 5.74) is 0. The van der Waals surface area contributed by atoms with E-state index in [0.29, 0.717) is 12.6 Å². The smallest absolute Gasteiger partial charge is 0.323 e. The van der Waals surface area contributed by atoms with Gasteiger partial charge in [-0.25, -0.2) is 0 Å². The van der Waals surface area contributed by atoms with Gasteiger partial charge in [0, 0.05) is 12.6 Å². The lowest BCUT2D eigenvalue weighted by Gasteiger charge is -2.26. The van der Waals surface area contributed by atoms with Crippen molar-refractivity contribution in [2.45, 2.75) is 53.1 Å². The molecule has 0 aromatic rings. The van der Waals surface area contributed by atoms with Gasteiger partial charge in [0.2, 0.25) is 0 Å². The van der Waals surface area contributed by atoms with Crippen molar-refractivity contribution in [2.75, 3.05) is 26.2 Å². The molecule has 0 amide bonds. The van der Waals surface area contributed by atoms with Crippen LogP contribution < -0.4 is 5.32 Å². The third kappa shape index (κ3) is 6.64. The molecule has 4 nitrogen and oxygen atoms in total. The highest BCUT2D eigenvalue weighted by atomic mass is 16.5. The first-order chi connectivity index (χ1) is 8.06. The van der Waals surface area contributed by atoms with E-state index >= 15 is 0 Å². The fraction of sp³-hybridized carbons (Fsp3) is 0.923. The zero-order valence-electron chi connectivity index (χ0n) is 12.0. The summed E-state index contributed by atoms with van der Waals surface area (Å²) in [6, 6.07) is 0.345. The average Bonchev–Trinajstić information content (AvgIpc) is 2.28. The minimum absolute atomic E-state index is 0.130. The molecule has 0 fully saturated rings. The van der Waals surface area contributed by atoms with E-state index in [2.05, 4.69) is 31.0 Å². The Morgan fingerprint density at radius 1 is 1.29 bits per heavy atom. The summed E-state index contributed by atoms with van der Waals surface area (Å²) in [5, 5.41) is 3.18. The van der Waals surface area contributed by atoms with Crippen LogP contribution in [0.3, 0.4) is 0 Å². The Hall–Kier alpha value is -0.610. The molecule has 17 heavy (non-hydrogen) atoms. The highest BCUT2D eigenvalue weighted by Gasteiger charge is 2.19. The Balaban J connectivity index is 4.19. The van der Waals surface area contributed by atoms with Gasteiger partial charge in [-0.1, -0.05) is 13.8 Å². The zero-order chi connectivity index (χ0) is 13.3. The lowest BCUT2D eigenvalue weighted by molar-refractivity contribution is -0.145. The first kappa shape index (κ1) is 16.4. The van der Waals surface area contributed by atoms with Gasteiger partial charge in [-0.3, -0.25) is 4.79 Å². The Morgan fingerprint density at radius 2 is 1.94 bits per heavy atom. The summed E-state index contributed by atoms with van der Waals surface area (Å²) in [6.45, 7) is 13.5. The Labute approximate surface area is 106 Å². The van der Waals surface area contributed by atoms with E-state index in [1.807, 2.05) is 13.8 Å². The Morgan fingerprint density at radius 3 is 2.35 bits per heavy atom. The Kier molecular flexibility index (Phi) is 9.09. The maximum Gasteiger partial charge on any atom is 0.323 e. The van der Waals surface area contributed by atoms with E-state index in [0.717, 1.165) is 26.1 Å². The van der Waals surface area contributed by atoms with E-state index in [9.17, 15) is 4.79 Å². The molecular formula is C13H28N2O2. The molecule has 0 aliphatic rings. The van der Waals surface area contributed by atoms with Crippen molar-refractivity contribution >= 4 is 5.97 Å². The van der Waals surface area contributed by atoms with Gasteiger partial charge < -0.3 is 15.0 Å². The molecule has 1 unspecified atom stereocenters. The number of rotatable bonds is 9. The lowest BCUT2D eigenvalue weighted by Crippen LogP contribution is -2.42. The quantitative estimate of drug-likeness (QED) is 0.626. The van der Waals surface area contributed by atoms with Crippen molar-refractivity contribution in [1.29, 1.82) is 0 Å². The number of carbonyl (C=O) groups excluding carboxylic acids is 1. The largest absolute Gasteiger partial charge is 0.465 e. The average molecular weight is 244 g/mol. The molecule has 0 aliphatic carbocycles. The van der Waals surface area contributed by atoms with Gasteiger partial charge in [-0.2, -0.15) is 0 Å². The highest BCUT2D eigenvalue weighted by Crippen LogP contribution is 2.03. The fourth-order valence-electron chi connectivity index (χ4n) is 1.87. The van der Waals surface area contributed by atoms with Gasteiger partial charge in [0.1, 0.15) is 6.04 Å². The van der Waals surface area contributed by atoms with Gasteiger partial charge >= 0.3 is 5.97 Å². The van der Waals surface area contributed by atoms with E-state index in [4.69, 9.17) is 4.74 Å². The Bertz CT molecular complexity index is 208. The molecule has 0 aromatic carbocycles. The second-order valence-corrected chi connectivity index (χ2v) is 4.37. The minimum atomic E-state index is -0.173. The third-order valence-electron chi connectivity index (χ3n) is 2.86. The maximum absolute atomic E-state index is 11.7. The van der Waals surface area contributed by atoms with Crippen molar-refractivity contribution in [3.8, 4) is 0 Å². The van der Waals surface area contributed by atoms with Crippen molar-refractivity contribution in [3.63, 3.8) is 0 Å². The molecule has 0 spiro atoms. The van der Waals surface area contributed by atoms with Crippen LogP contribution >= 0.6 is 0 Å². The molecule has 1 N–H and O–H groups in total. The summed E-state index contributed by atoms with van der Waals surface area (Å²) in [5.74, 6) is -0.130. The molecule has 0 rings (SSSR count). The SMILES string of the molecule is CCNC(CCN(CC)C(C)C)C(=O)OCC. The summed E-state index contributed by atoms with van der Waals surface area (Å²) in [7, 11) is 0. The third-order valence-corrected chi connectivity index (χ3v) is 2.86. The lowest BCUT2D eigenvalue weighted by atomic mass is 10.2. The fourth-order valence-corrected chi connectivity index (χ4v) is 1.87. The first-order valence-electron chi connectivity index (χ1n) is 6.70. The number of ether oxygens (including phenoxy) is 1. The van der Waals surface area contributed by atoms with Crippen molar-refractivity contribution in [1.82, 2.24) is 10.2 Å². The van der Waals surface area contributed by atoms with Crippen LogP contribution in [0.2, 0.25) is 0 Å². The zero-order valence-corrected chi connectivity index (χ0v) is 12.0. The van der Waals surface area contributed by atoms with Gasteiger partial charge in [-0.05, 0) is 40.3 Å². The number of carbonyl (C=O) groups is 1. The molecule has 0 saturated carbocycles. The molecule has 0 aliphatic heterocycles. The van der Waals surface area contributed by atoms with Crippen molar-refractivity contribution in [3.05, 3.63) is 0 Å². The van der Waals surface area contributed by atoms with Gasteiger partial charge in [0.25, 0.3) is 0 Å². The molecule has 0 radical (unpaired) electrons. The molecule has 102 valence electrons. The van der Waals surface area contributed by atoms with Crippen LogP contribution in [-0.4, -0.2) is 49.2 Å². The van der Waals surface area contributed by atoms with E-state index in [-0.39, 0.29) is 12.0 Å². The molecule has 0 bridgehead atoms. The highest BCUT2D eigenvalue weighted by molar-refractivity contribution is 5.75. The molecular weight excluding hydrogens is 216 g/mol. The maximum atomic E-state index is 11.7. The molecule has 0 aromatic heterocycles. The number of hydrogen-bond acceptors (Lipinski definition) is 4. The summed E-state index contributed by atoms with van der Waals surface area (Å²) in [6.07, 6.45) is 0.804. The van der Waals surface area contributed by atoms with Crippen LogP contribution in [0.4, 0.5) is 0 Å². The van der Waals surface area contributed by atoms with Gasteiger partial charge in [0.05, 0.1) is 6.61 Å². The predicted molar refractivity (Wildman–Crippen MR) is 71.1 cm³/mol. The van der Waals surface area contributed by atoms with Crippen LogP contribution in [0.25, 0.3) is 0 Å². The first-order valence-corrected chi connectivity index (χ1v) is 6.70. The normalized spacial score (nSPS) is 13.1. The number of likely N-dealkylation sites (N-methyl/N-ethyl adjacent to an activating group) is 1. The standard InChI is InChI=1S/C13H28N2O2/c1-6-14-12(13(16)17-8-3)9-10-15(7-2)11(4)5/h11-12,14H,6-10H2,1-5H3. The van der Waals surface area contributed by atoms with Gasteiger partial charge in [0.15, 0.2) is 0 Å². The van der Waals surface area contributed by atoms with E-state index in [1.165, 1.54) is 0 Å². The number of hydrogen-bond donors (Lipinski definition) is 1. The van der Waals surface area contributed by atoms with Crippen LogP contribution in [0.15, 0.2) is 0 Å². The van der Waals surface area contributed by atoms with Crippen molar-refractivity contribution < 1.29 is 9.53 Å². The molecule has 1 atom stereocenters. The topological polar surface area (TPSA) is 41.6 Å². The van der Waals surface area contributed by atoms with Crippen molar-refractivity contribution in [2.24, 2.45) is 0 Å².